The van der Waals surface area contributed by atoms with Gasteiger partial charge in [-0.15, -0.1) is 0 Å². The number of carbonyl (C=O) groups is 2. The van der Waals surface area contributed by atoms with E-state index in [-0.39, 0.29) is 13.2 Å². The van der Waals surface area contributed by atoms with E-state index < -0.39 is 29.6 Å². The van der Waals surface area contributed by atoms with E-state index >= 15 is 0 Å². The first kappa shape index (κ1) is 20.3. The first-order valence-corrected chi connectivity index (χ1v) is 8.17. The van der Waals surface area contributed by atoms with Crippen LogP contribution in [0.2, 0.25) is 0 Å². The van der Waals surface area contributed by atoms with Crippen LogP contribution in [0.3, 0.4) is 0 Å². The summed E-state index contributed by atoms with van der Waals surface area (Å²) in [6.07, 6.45) is -4.44. The first-order valence-electron chi connectivity index (χ1n) is 8.17. The van der Waals surface area contributed by atoms with Gasteiger partial charge in [-0.3, -0.25) is 9.59 Å². The number of benzene rings is 2. The van der Waals surface area contributed by atoms with Gasteiger partial charge in [-0.2, -0.15) is 13.2 Å². The minimum absolute atomic E-state index is 0.0799. The molecule has 2 amide bonds. The highest BCUT2D eigenvalue weighted by atomic mass is 19.4. The van der Waals surface area contributed by atoms with Crippen LogP contribution in [0.5, 0.6) is 5.75 Å². The number of carbonyl (C=O) groups excluding carboxylic acids is 2. The van der Waals surface area contributed by atoms with E-state index in [2.05, 4.69) is 10.6 Å². The Morgan fingerprint density at radius 3 is 2.44 bits per heavy atom. The number of hydrogen-bond donors (Lipinski definition) is 2. The lowest BCUT2D eigenvalue weighted by Gasteiger charge is -2.15. The zero-order valence-electron chi connectivity index (χ0n) is 14.5. The molecule has 5 nitrogen and oxygen atoms in total. The molecule has 0 saturated heterocycles. The summed E-state index contributed by atoms with van der Waals surface area (Å²) in [5.41, 5.74) is -0.474. The van der Waals surface area contributed by atoms with Gasteiger partial charge in [0.1, 0.15) is 11.8 Å². The van der Waals surface area contributed by atoms with Crippen LogP contribution in [-0.4, -0.2) is 24.5 Å². The van der Waals surface area contributed by atoms with Crippen molar-refractivity contribution in [3.05, 3.63) is 65.7 Å². The summed E-state index contributed by atoms with van der Waals surface area (Å²) in [5, 5.41) is 4.96. The second-order valence-corrected chi connectivity index (χ2v) is 5.81. The SMILES string of the molecule is C[C@H](NC(=O)COc1ccccc1)C(=O)NCc1cccc(C(F)(F)F)c1. The smallest absolute Gasteiger partial charge is 0.416 e. The fraction of sp³-hybridized carbons (Fsp3) is 0.263. The Balaban J connectivity index is 1.79. The number of amides is 2. The maximum atomic E-state index is 12.7. The maximum Gasteiger partial charge on any atom is 0.416 e. The normalized spacial score (nSPS) is 12.1. The van der Waals surface area contributed by atoms with Gasteiger partial charge in [0, 0.05) is 6.54 Å². The Kier molecular flexibility index (Phi) is 6.81. The molecule has 0 radical (unpaired) electrons. The van der Waals surface area contributed by atoms with E-state index in [1.807, 2.05) is 6.07 Å². The molecule has 144 valence electrons. The minimum atomic E-state index is -4.44. The number of halogens is 3. The van der Waals surface area contributed by atoms with Crippen molar-refractivity contribution in [2.75, 3.05) is 6.61 Å². The van der Waals surface area contributed by atoms with Crippen LogP contribution in [0.4, 0.5) is 13.2 Å². The Hall–Kier alpha value is -3.03. The predicted molar refractivity (Wildman–Crippen MR) is 92.8 cm³/mol. The van der Waals surface area contributed by atoms with Crippen LogP contribution in [0, 0.1) is 0 Å². The highest BCUT2D eigenvalue weighted by Crippen LogP contribution is 2.29. The van der Waals surface area contributed by atoms with Gasteiger partial charge in [0.25, 0.3) is 5.91 Å². The molecule has 1 atom stereocenters. The van der Waals surface area contributed by atoms with Crippen molar-refractivity contribution in [3.63, 3.8) is 0 Å². The van der Waals surface area contributed by atoms with Crippen LogP contribution in [-0.2, 0) is 22.3 Å². The number of para-hydroxylation sites is 1. The highest BCUT2D eigenvalue weighted by Gasteiger charge is 2.30. The second-order valence-electron chi connectivity index (χ2n) is 5.81. The third-order valence-electron chi connectivity index (χ3n) is 3.60. The molecule has 0 aromatic heterocycles. The molecule has 0 aliphatic carbocycles. The molecule has 2 aromatic rings. The second kappa shape index (κ2) is 9.07. The molecule has 0 spiro atoms. The molecule has 0 fully saturated rings. The van der Waals surface area contributed by atoms with Crippen molar-refractivity contribution in [3.8, 4) is 5.75 Å². The van der Waals surface area contributed by atoms with E-state index in [4.69, 9.17) is 4.74 Å². The summed E-state index contributed by atoms with van der Waals surface area (Å²) in [7, 11) is 0. The number of nitrogens with one attached hydrogen (secondary N) is 2. The van der Waals surface area contributed by atoms with Gasteiger partial charge >= 0.3 is 6.18 Å². The standard InChI is InChI=1S/C19H19F3N2O3/c1-13(24-17(25)12-27-16-8-3-2-4-9-16)18(26)23-11-14-6-5-7-15(10-14)19(20,21)22/h2-10,13H,11-12H2,1H3,(H,23,26)(H,24,25)/t13-/m0/s1. The van der Waals surface area contributed by atoms with Crippen molar-refractivity contribution in [2.45, 2.75) is 25.7 Å². The summed E-state index contributed by atoms with van der Waals surface area (Å²) < 4.78 is 43.3. The largest absolute Gasteiger partial charge is 0.484 e. The summed E-state index contributed by atoms with van der Waals surface area (Å²) in [6, 6.07) is 12.5. The molecule has 0 aliphatic heterocycles. The molecular formula is C19H19F3N2O3. The molecule has 0 aliphatic rings. The first-order chi connectivity index (χ1) is 12.8. The summed E-state index contributed by atoms with van der Waals surface area (Å²) >= 11 is 0. The quantitative estimate of drug-likeness (QED) is 0.776. The third-order valence-corrected chi connectivity index (χ3v) is 3.60. The summed E-state index contributed by atoms with van der Waals surface area (Å²) in [5.74, 6) is -0.477. The zero-order chi connectivity index (χ0) is 19.9. The van der Waals surface area contributed by atoms with Crippen molar-refractivity contribution in [1.29, 1.82) is 0 Å². The molecule has 2 aromatic carbocycles. The number of rotatable bonds is 7. The van der Waals surface area contributed by atoms with E-state index in [1.54, 1.807) is 24.3 Å². The fourth-order valence-electron chi connectivity index (χ4n) is 2.21. The number of alkyl halides is 3. The molecule has 2 rings (SSSR count). The van der Waals surface area contributed by atoms with E-state index in [0.29, 0.717) is 11.3 Å². The van der Waals surface area contributed by atoms with Gasteiger partial charge in [-0.05, 0) is 36.8 Å². The average molecular weight is 380 g/mol. The Morgan fingerprint density at radius 2 is 1.78 bits per heavy atom. The van der Waals surface area contributed by atoms with Crippen molar-refractivity contribution in [2.24, 2.45) is 0 Å². The van der Waals surface area contributed by atoms with E-state index in [9.17, 15) is 22.8 Å². The Labute approximate surface area is 154 Å². The van der Waals surface area contributed by atoms with Crippen LogP contribution < -0.4 is 15.4 Å². The van der Waals surface area contributed by atoms with Crippen LogP contribution in [0.25, 0.3) is 0 Å². The van der Waals surface area contributed by atoms with Crippen molar-refractivity contribution < 1.29 is 27.5 Å². The molecule has 2 N–H and O–H groups in total. The van der Waals surface area contributed by atoms with Crippen molar-refractivity contribution >= 4 is 11.8 Å². The molecule has 0 saturated carbocycles. The lowest BCUT2D eigenvalue weighted by atomic mass is 10.1. The predicted octanol–water partition coefficient (Wildman–Crippen LogP) is 2.91. The molecule has 8 heteroatoms. The summed E-state index contributed by atoms with van der Waals surface area (Å²) in [4.78, 5) is 23.8. The summed E-state index contributed by atoms with van der Waals surface area (Å²) in [6.45, 7) is 1.14. The minimum Gasteiger partial charge on any atom is -0.484 e. The lowest BCUT2D eigenvalue weighted by molar-refractivity contribution is -0.137. The Morgan fingerprint density at radius 1 is 1.07 bits per heavy atom. The third kappa shape index (κ3) is 6.65. The van der Waals surface area contributed by atoms with E-state index in [1.165, 1.54) is 19.1 Å². The zero-order valence-corrected chi connectivity index (χ0v) is 14.5. The fourth-order valence-corrected chi connectivity index (χ4v) is 2.21. The van der Waals surface area contributed by atoms with Gasteiger partial charge in [0.05, 0.1) is 5.56 Å². The molecular weight excluding hydrogens is 361 g/mol. The van der Waals surface area contributed by atoms with Gasteiger partial charge in [0.2, 0.25) is 5.91 Å². The van der Waals surface area contributed by atoms with Crippen LogP contribution in [0.1, 0.15) is 18.1 Å². The van der Waals surface area contributed by atoms with Gasteiger partial charge < -0.3 is 15.4 Å². The molecule has 0 unspecified atom stereocenters. The van der Waals surface area contributed by atoms with Gasteiger partial charge in [0.15, 0.2) is 6.61 Å². The average Bonchev–Trinajstić information content (AvgIpc) is 2.64. The maximum absolute atomic E-state index is 12.7. The lowest BCUT2D eigenvalue weighted by Crippen LogP contribution is -2.46. The number of hydrogen-bond acceptors (Lipinski definition) is 3. The Bertz CT molecular complexity index is 779. The van der Waals surface area contributed by atoms with E-state index in [0.717, 1.165) is 12.1 Å². The number of ether oxygens (including phenoxy) is 1. The molecule has 27 heavy (non-hydrogen) atoms. The van der Waals surface area contributed by atoms with Gasteiger partial charge in [-0.1, -0.05) is 30.3 Å². The van der Waals surface area contributed by atoms with Crippen molar-refractivity contribution in [1.82, 2.24) is 10.6 Å². The molecule has 0 bridgehead atoms. The molecule has 0 heterocycles. The van der Waals surface area contributed by atoms with Crippen LogP contribution >= 0.6 is 0 Å². The monoisotopic (exact) mass is 380 g/mol. The van der Waals surface area contributed by atoms with Gasteiger partial charge in [-0.25, -0.2) is 0 Å². The van der Waals surface area contributed by atoms with Crippen LogP contribution in [0.15, 0.2) is 54.6 Å². The highest BCUT2D eigenvalue weighted by molar-refractivity contribution is 5.87. The topological polar surface area (TPSA) is 67.4 Å².